The Hall–Kier alpha value is -1.59. The molecule has 1 aromatic heterocycles. The van der Waals surface area contributed by atoms with Gasteiger partial charge in [0, 0.05) is 12.0 Å². The van der Waals surface area contributed by atoms with Crippen LogP contribution in [0.2, 0.25) is 5.02 Å². The van der Waals surface area contributed by atoms with E-state index >= 15 is 0 Å². The molecule has 1 aromatic carbocycles. The van der Waals surface area contributed by atoms with Gasteiger partial charge in [-0.3, -0.25) is 4.79 Å². The maximum absolute atomic E-state index is 11.9. The van der Waals surface area contributed by atoms with Crippen molar-refractivity contribution in [1.29, 1.82) is 0 Å². The molecule has 0 fully saturated rings. The average Bonchev–Trinajstić information content (AvgIpc) is 3.04. The molecule has 0 N–H and O–H groups in total. The minimum absolute atomic E-state index is 0.186. The Morgan fingerprint density at radius 1 is 1.25 bits per heavy atom. The highest BCUT2D eigenvalue weighted by molar-refractivity contribution is 7.17. The summed E-state index contributed by atoms with van der Waals surface area (Å²) >= 11 is 7.62. The quantitative estimate of drug-likeness (QED) is 0.806. The number of hydrogen-bond donors (Lipinski definition) is 0. The maximum atomic E-state index is 11.9. The van der Waals surface area contributed by atoms with Crippen molar-refractivity contribution in [3.05, 3.63) is 27.7 Å². The highest BCUT2D eigenvalue weighted by atomic mass is 35.5. The normalized spacial score (nSPS) is 16.4. The van der Waals surface area contributed by atoms with Crippen molar-refractivity contribution in [3.8, 4) is 22.1 Å². The van der Waals surface area contributed by atoms with E-state index in [2.05, 4.69) is 4.98 Å². The Kier molecular flexibility index (Phi) is 2.72. The van der Waals surface area contributed by atoms with Gasteiger partial charge in [0.1, 0.15) is 5.01 Å². The summed E-state index contributed by atoms with van der Waals surface area (Å²) in [5.41, 5.74) is 1.78. The zero-order valence-electron chi connectivity index (χ0n) is 10.4. The third-order valence-electron chi connectivity index (χ3n) is 3.44. The summed E-state index contributed by atoms with van der Waals surface area (Å²) in [6, 6.07) is 3.67. The number of benzene rings is 1. The summed E-state index contributed by atoms with van der Waals surface area (Å²) in [7, 11) is 0. The first-order valence-corrected chi connectivity index (χ1v) is 7.54. The molecule has 4 nitrogen and oxygen atoms in total. The monoisotopic (exact) mass is 307 g/mol. The number of aryl methyl sites for hydroxylation is 1. The predicted molar refractivity (Wildman–Crippen MR) is 76.0 cm³/mol. The summed E-state index contributed by atoms with van der Waals surface area (Å²) < 4.78 is 10.7. The van der Waals surface area contributed by atoms with E-state index in [4.69, 9.17) is 21.1 Å². The van der Waals surface area contributed by atoms with Crippen LogP contribution in [0, 0.1) is 0 Å². The molecule has 0 bridgehead atoms. The molecule has 4 rings (SSSR count). The van der Waals surface area contributed by atoms with Gasteiger partial charge in [0.2, 0.25) is 6.79 Å². The second-order valence-corrected chi connectivity index (χ2v) is 6.17. The fourth-order valence-electron chi connectivity index (χ4n) is 2.48. The molecule has 0 spiro atoms. The number of Topliss-reactive ketones (excluding diaryl/α,β-unsaturated/α-hetero) is 1. The lowest BCUT2D eigenvalue weighted by molar-refractivity contribution is 0.0976. The van der Waals surface area contributed by atoms with E-state index in [9.17, 15) is 4.79 Å². The Labute approximate surface area is 124 Å². The molecule has 2 aliphatic rings. The summed E-state index contributed by atoms with van der Waals surface area (Å²) in [4.78, 5) is 17.3. The topological polar surface area (TPSA) is 48.4 Å². The Bertz CT molecular complexity index is 725. The molecule has 0 amide bonds. The average molecular weight is 308 g/mol. The number of ketones is 1. The van der Waals surface area contributed by atoms with Crippen LogP contribution in [0.5, 0.6) is 11.5 Å². The number of halogens is 1. The zero-order chi connectivity index (χ0) is 13.7. The van der Waals surface area contributed by atoms with Gasteiger partial charge < -0.3 is 9.47 Å². The molecule has 0 atom stereocenters. The van der Waals surface area contributed by atoms with Gasteiger partial charge in [0.05, 0.1) is 15.6 Å². The van der Waals surface area contributed by atoms with Gasteiger partial charge in [-0.2, -0.15) is 0 Å². The van der Waals surface area contributed by atoms with Gasteiger partial charge in [-0.15, -0.1) is 11.3 Å². The zero-order valence-corrected chi connectivity index (χ0v) is 12.0. The SMILES string of the molecule is O=C1CCCc2nc(-c3cc(Cl)c4c(c3)OCO4)sc21. The van der Waals surface area contributed by atoms with Crippen LogP contribution in [0.25, 0.3) is 10.6 Å². The summed E-state index contributed by atoms with van der Waals surface area (Å²) in [5, 5.41) is 1.32. The summed E-state index contributed by atoms with van der Waals surface area (Å²) in [6.07, 6.45) is 2.38. The predicted octanol–water partition coefficient (Wildman–Crippen LogP) is 3.71. The molecular formula is C14H10ClNO3S. The highest BCUT2D eigenvalue weighted by Crippen LogP contribution is 2.43. The molecule has 0 unspecified atom stereocenters. The van der Waals surface area contributed by atoms with Gasteiger partial charge >= 0.3 is 0 Å². The van der Waals surface area contributed by atoms with Crippen molar-refractivity contribution in [2.45, 2.75) is 19.3 Å². The van der Waals surface area contributed by atoms with Crippen molar-refractivity contribution in [2.24, 2.45) is 0 Å². The number of ether oxygens (including phenoxy) is 2. The fraction of sp³-hybridized carbons (Fsp3) is 0.286. The Balaban J connectivity index is 1.82. The largest absolute Gasteiger partial charge is 0.454 e. The smallest absolute Gasteiger partial charge is 0.231 e. The molecule has 1 aliphatic heterocycles. The van der Waals surface area contributed by atoms with Crippen molar-refractivity contribution in [3.63, 3.8) is 0 Å². The first-order valence-electron chi connectivity index (χ1n) is 6.35. The van der Waals surface area contributed by atoms with E-state index in [1.54, 1.807) is 0 Å². The number of hydrogen-bond acceptors (Lipinski definition) is 5. The standard InChI is InChI=1S/C14H10ClNO3S/c15-8-4-7(5-11-12(8)19-6-18-11)14-16-9-2-1-3-10(17)13(9)20-14/h4-5H,1-3,6H2. The molecule has 102 valence electrons. The van der Waals surface area contributed by atoms with Crippen LogP contribution in [0.4, 0.5) is 0 Å². The van der Waals surface area contributed by atoms with E-state index in [1.165, 1.54) is 11.3 Å². The third-order valence-corrected chi connectivity index (χ3v) is 4.91. The van der Waals surface area contributed by atoms with Gasteiger partial charge in [0.15, 0.2) is 17.3 Å². The first-order chi connectivity index (χ1) is 9.72. The number of rotatable bonds is 1. The molecule has 0 saturated heterocycles. The van der Waals surface area contributed by atoms with Gasteiger partial charge in [-0.25, -0.2) is 4.98 Å². The van der Waals surface area contributed by atoms with E-state index in [1.807, 2.05) is 12.1 Å². The molecule has 20 heavy (non-hydrogen) atoms. The number of carbonyl (C=O) groups is 1. The van der Waals surface area contributed by atoms with Gasteiger partial charge in [-0.1, -0.05) is 11.6 Å². The molecule has 6 heteroatoms. The van der Waals surface area contributed by atoms with Crippen molar-refractivity contribution in [1.82, 2.24) is 4.98 Å². The first kappa shape index (κ1) is 12.2. The highest BCUT2D eigenvalue weighted by Gasteiger charge is 2.24. The molecule has 0 radical (unpaired) electrons. The summed E-state index contributed by atoms with van der Waals surface area (Å²) in [5.74, 6) is 1.40. The van der Waals surface area contributed by atoms with Crippen LogP contribution in [-0.4, -0.2) is 17.6 Å². The Morgan fingerprint density at radius 2 is 2.15 bits per heavy atom. The minimum Gasteiger partial charge on any atom is -0.454 e. The number of nitrogens with zero attached hydrogens (tertiary/aromatic N) is 1. The van der Waals surface area contributed by atoms with Crippen LogP contribution in [0.15, 0.2) is 12.1 Å². The van der Waals surface area contributed by atoms with Crippen molar-refractivity contribution in [2.75, 3.05) is 6.79 Å². The van der Waals surface area contributed by atoms with Crippen LogP contribution in [0.1, 0.15) is 28.2 Å². The third kappa shape index (κ3) is 1.81. The molecule has 0 saturated carbocycles. The molecule has 2 aromatic rings. The van der Waals surface area contributed by atoms with E-state index in [0.717, 1.165) is 34.0 Å². The van der Waals surface area contributed by atoms with E-state index in [0.29, 0.717) is 22.9 Å². The van der Waals surface area contributed by atoms with Gasteiger partial charge in [0.25, 0.3) is 0 Å². The van der Waals surface area contributed by atoms with Gasteiger partial charge in [-0.05, 0) is 25.0 Å². The minimum atomic E-state index is 0.186. The fourth-order valence-corrected chi connectivity index (χ4v) is 3.81. The van der Waals surface area contributed by atoms with Crippen LogP contribution < -0.4 is 9.47 Å². The van der Waals surface area contributed by atoms with Crippen molar-refractivity contribution >= 4 is 28.7 Å². The number of thiazole rings is 1. The molecular weight excluding hydrogens is 298 g/mol. The van der Waals surface area contributed by atoms with Crippen LogP contribution in [0.3, 0.4) is 0 Å². The van der Waals surface area contributed by atoms with E-state index < -0.39 is 0 Å². The molecule has 2 heterocycles. The maximum Gasteiger partial charge on any atom is 0.231 e. The number of aromatic nitrogens is 1. The number of carbonyl (C=O) groups excluding carboxylic acids is 1. The van der Waals surface area contributed by atoms with Crippen LogP contribution in [-0.2, 0) is 6.42 Å². The lowest BCUT2D eigenvalue weighted by Crippen LogP contribution is -2.07. The summed E-state index contributed by atoms with van der Waals surface area (Å²) in [6.45, 7) is 0.186. The second kappa shape index (κ2) is 4.46. The lowest BCUT2D eigenvalue weighted by Gasteiger charge is -2.06. The number of fused-ring (bicyclic) bond motifs is 2. The molecule has 1 aliphatic carbocycles. The Morgan fingerprint density at radius 3 is 3.00 bits per heavy atom. The lowest BCUT2D eigenvalue weighted by atomic mass is 10.0. The van der Waals surface area contributed by atoms with Crippen molar-refractivity contribution < 1.29 is 14.3 Å². The van der Waals surface area contributed by atoms with E-state index in [-0.39, 0.29) is 12.6 Å². The van der Waals surface area contributed by atoms with Crippen LogP contribution >= 0.6 is 22.9 Å². The second-order valence-electron chi connectivity index (χ2n) is 4.76.